The number of nitrogens with zero attached hydrogens (tertiary/aromatic N) is 5. The highest BCUT2D eigenvalue weighted by Gasteiger charge is 2.27. The van der Waals surface area contributed by atoms with Crippen LogP contribution in [-0.2, 0) is 18.4 Å². The molecule has 0 aromatic carbocycles. The third kappa shape index (κ3) is 3.37. The number of rotatable bonds is 5. The van der Waals surface area contributed by atoms with Crippen molar-refractivity contribution in [2.24, 2.45) is 7.05 Å². The SMILES string of the molecule is CNc1nc2[nH]c(-c3cccc(CN(C)C(=O)C(C)(C)O)n3)cc2c2c1ncn2C. The van der Waals surface area contributed by atoms with Gasteiger partial charge in [-0.2, -0.15) is 0 Å². The summed E-state index contributed by atoms with van der Waals surface area (Å²) < 4.78 is 1.97. The number of likely N-dealkylation sites (N-methyl/N-ethyl adjacent to an activating group) is 1. The first-order valence-corrected chi connectivity index (χ1v) is 9.64. The minimum Gasteiger partial charge on any atom is -0.381 e. The lowest BCUT2D eigenvalue weighted by Crippen LogP contribution is -2.42. The fraction of sp³-hybridized carbons (Fsp3) is 0.333. The van der Waals surface area contributed by atoms with Crippen LogP contribution in [0.25, 0.3) is 33.5 Å². The summed E-state index contributed by atoms with van der Waals surface area (Å²) in [6.07, 6.45) is 1.77. The zero-order valence-corrected chi connectivity index (χ0v) is 17.7. The number of hydrogen-bond acceptors (Lipinski definition) is 6. The number of fused-ring (bicyclic) bond motifs is 3. The molecule has 0 bridgehead atoms. The molecule has 0 unspecified atom stereocenters. The van der Waals surface area contributed by atoms with Gasteiger partial charge in [0.2, 0.25) is 0 Å². The van der Waals surface area contributed by atoms with Crippen LogP contribution >= 0.6 is 0 Å². The third-order valence-electron chi connectivity index (χ3n) is 5.03. The van der Waals surface area contributed by atoms with Crippen molar-refractivity contribution < 1.29 is 9.90 Å². The van der Waals surface area contributed by atoms with Crippen molar-refractivity contribution in [1.82, 2.24) is 29.4 Å². The molecule has 4 aromatic heterocycles. The molecule has 3 N–H and O–H groups in total. The summed E-state index contributed by atoms with van der Waals surface area (Å²) in [7, 11) is 5.43. The van der Waals surface area contributed by atoms with E-state index in [1.54, 1.807) is 13.4 Å². The molecule has 0 atom stereocenters. The number of carbonyl (C=O) groups excluding carboxylic acids is 1. The molecule has 9 heteroatoms. The van der Waals surface area contributed by atoms with Crippen LogP contribution in [-0.4, -0.2) is 60.1 Å². The Labute approximate surface area is 173 Å². The molecule has 0 aliphatic heterocycles. The van der Waals surface area contributed by atoms with Crippen LogP contribution in [0.15, 0.2) is 30.6 Å². The van der Waals surface area contributed by atoms with E-state index in [9.17, 15) is 9.90 Å². The van der Waals surface area contributed by atoms with Crippen molar-refractivity contribution in [1.29, 1.82) is 0 Å². The Morgan fingerprint density at radius 1 is 1.33 bits per heavy atom. The van der Waals surface area contributed by atoms with Gasteiger partial charge in [0.15, 0.2) is 5.82 Å². The van der Waals surface area contributed by atoms with Gasteiger partial charge < -0.3 is 24.9 Å². The average molecular weight is 407 g/mol. The van der Waals surface area contributed by atoms with E-state index in [2.05, 4.69) is 20.3 Å². The second kappa shape index (κ2) is 7.10. The quantitative estimate of drug-likeness (QED) is 0.468. The van der Waals surface area contributed by atoms with Crippen LogP contribution < -0.4 is 5.32 Å². The monoisotopic (exact) mass is 407 g/mol. The van der Waals surface area contributed by atoms with Gasteiger partial charge in [-0.05, 0) is 32.0 Å². The van der Waals surface area contributed by atoms with E-state index in [0.29, 0.717) is 12.4 Å². The standard InChI is InChI=1S/C21H25N7O2/c1-21(2,30)20(29)27(4)10-12-7-6-8-14(24-12)15-9-13-17-16(23-11-28(17)5)19(22-3)26-18(13)25-15/h6-9,11,30H,10H2,1-5H3,(H2,22,25,26). The van der Waals surface area contributed by atoms with Crippen LogP contribution in [0.5, 0.6) is 0 Å². The van der Waals surface area contributed by atoms with Crippen LogP contribution in [0.4, 0.5) is 5.82 Å². The Balaban J connectivity index is 1.73. The molecule has 0 spiro atoms. The largest absolute Gasteiger partial charge is 0.381 e. The summed E-state index contributed by atoms with van der Waals surface area (Å²) in [5.41, 5.74) is 3.41. The van der Waals surface area contributed by atoms with Gasteiger partial charge in [-0.3, -0.25) is 4.79 Å². The molecule has 0 saturated heterocycles. The lowest BCUT2D eigenvalue weighted by atomic mass is 10.1. The molecular weight excluding hydrogens is 382 g/mol. The van der Waals surface area contributed by atoms with Crippen molar-refractivity contribution in [3.05, 3.63) is 36.3 Å². The minimum atomic E-state index is -1.42. The van der Waals surface area contributed by atoms with E-state index in [4.69, 9.17) is 4.98 Å². The number of anilines is 1. The molecule has 0 radical (unpaired) electrons. The van der Waals surface area contributed by atoms with Crippen LogP contribution in [0.1, 0.15) is 19.5 Å². The van der Waals surface area contributed by atoms with Gasteiger partial charge in [-0.1, -0.05) is 6.07 Å². The van der Waals surface area contributed by atoms with Gasteiger partial charge in [0.25, 0.3) is 5.91 Å². The first-order chi connectivity index (χ1) is 14.2. The highest BCUT2D eigenvalue weighted by Crippen LogP contribution is 2.31. The zero-order chi connectivity index (χ0) is 21.6. The van der Waals surface area contributed by atoms with Crippen LogP contribution in [0, 0.1) is 0 Å². The maximum atomic E-state index is 12.3. The third-order valence-corrected chi connectivity index (χ3v) is 5.03. The Bertz CT molecular complexity index is 1250. The maximum Gasteiger partial charge on any atom is 0.254 e. The Hall–Kier alpha value is -3.46. The summed E-state index contributed by atoms with van der Waals surface area (Å²) in [6, 6.07) is 7.68. The molecule has 30 heavy (non-hydrogen) atoms. The van der Waals surface area contributed by atoms with Crippen molar-refractivity contribution in [2.75, 3.05) is 19.4 Å². The second-order valence-corrected chi connectivity index (χ2v) is 7.94. The number of aromatic amines is 1. The molecule has 0 aliphatic rings. The highest BCUT2D eigenvalue weighted by molar-refractivity contribution is 6.07. The molecular formula is C21H25N7O2. The van der Waals surface area contributed by atoms with Gasteiger partial charge in [0.1, 0.15) is 16.8 Å². The lowest BCUT2D eigenvalue weighted by molar-refractivity contribution is -0.147. The van der Waals surface area contributed by atoms with Gasteiger partial charge in [0.05, 0.1) is 35.5 Å². The fourth-order valence-electron chi connectivity index (χ4n) is 3.61. The fourth-order valence-corrected chi connectivity index (χ4v) is 3.61. The summed E-state index contributed by atoms with van der Waals surface area (Å²) in [6.45, 7) is 3.25. The van der Waals surface area contributed by atoms with Crippen LogP contribution in [0.2, 0.25) is 0 Å². The van der Waals surface area contributed by atoms with Crippen molar-refractivity contribution in [3.63, 3.8) is 0 Å². The molecule has 4 rings (SSSR count). The molecule has 9 nitrogen and oxygen atoms in total. The smallest absolute Gasteiger partial charge is 0.254 e. The van der Waals surface area contributed by atoms with E-state index < -0.39 is 5.60 Å². The molecule has 0 fully saturated rings. The van der Waals surface area contributed by atoms with E-state index in [1.807, 2.05) is 42.9 Å². The Morgan fingerprint density at radius 2 is 2.10 bits per heavy atom. The molecule has 4 aromatic rings. The van der Waals surface area contributed by atoms with Crippen LogP contribution in [0.3, 0.4) is 0 Å². The second-order valence-electron chi connectivity index (χ2n) is 7.94. The average Bonchev–Trinajstić information content (AvgIpc) is 3.29. The minimum absolute atomic E-state index is 0.297. The summed E-state index contributed by atoms with van der Waals surface area (Å²) in [4.78, 5) is 30.9. The number of aromatic nitrogens is 5. The van der Waals surface area contributed by atoms with Crippen molar-refractivity contribution >= 4 is 33.8 Å². The van der Waals surface area contributed by atoms with Crippen molar-refractivity contribution in [2.45, 2.75) is 26.0 Å². The zero-order valence-electron chi connectivity index (χ0n) is 17.7. The number of H-pyrrole nitrogens is 1. The van der Waals surface area contributed by atoms with E-state index in [-0.39, 0.29) is 5.91 Å². The topological polar surface area (TPSA) is 112 Å². The number of nitrogens with one attached hydrogen (secondary N) is 2. The number of aryl methyl sites for hydroxylation is 1. The normalized spacial score (nSPS) is 11.9. The summed E-state index contributed by atoms with van der Waals surface area (Å²) in [5, 5.41) is 14.0. The van der Waals surface area contributed by atoms with Gasteiger partial charge in [0, 0.05) is 26.5 Å². The maximum absolute atomic E-state index is 12.3. The summed E-state index contributed by atoms with van der Waals surface area (Å²) in [5.74, 6) is 0.350. The number of imidazole rings is 1. The predicted octanol–water partition coefficient (Wildman–Crippen LogP) is 2.28. The van der Waals surface area contributed by atoms with E-state index in [0.717, 1.165) is 39.1 Å². The van der Waals surface area contributed by atoms with Gasteiger partial charge in [-0.25, -0.2) is 15.0 Å². The van der Waals surface area contributed by atoms with Gasteiger partial charge in [-0.15, -0.1) is 0 Å². The highest BCUT2D eigenvalue weighted by atomic mass is 16.3. The number of carbonyl (C=O) groups is 1. The van der Waals surface area contributed by atoms with Gasteiger partial charge >= 0.3 is 0 Å². The summed E-state index contributed by atoms with van der Waals surface area (Å²) >= 11 is 0. The van der Waals surface area contributed by atoms with E-state index in [1.165, 1.54) is 18.7 Å². The number of hydrogen-bond donors (Lipinski definition) is 3. The number of amides is 1. The van der Waals surface area contributed by atoms with E-state index >= 15 is 0 Å². The first-order valence-electron chi connectivity index (χ1n) is 9.64. The first kappa shape index (κ1) is 19.8. The molecule has 0 saturated carbocycles. The Morgan fingerprint density at radius 3 is 2.80 bits per heavy atom. The molecule has 0 aliphatic carbocycles. The molecule has 1 amide bonds. The number of pyridine rings is 2. The predicted molar refractivity (Wildman–Crippen MR) is 116 cm³/mol. The Kier molecular flexibility index (Phi) is 4.70. The molecule has 4 heterocycles. The molecule has 156 valence electrons. The lowest BCUT2D eigenvalue weighted by Gasteiger charge is -2.24. The number of aliphatic hydroxyl groups is 1. The van der Waals surface area contributed by atoms with Crippen molar-refractivity contribution in [3.8, 4) is 11.4 Å².